The van der Waals surface area contributed by atoms with Gasteiger partial charge in [-0.15, -0.1) is 0 Å². The summed E-state index contributed by atoms with van der Waals surface area (Å²) in [5.41, 5.74) is 0. The molecule has 0 radical (unpaired) electrons. The Kier molecular flexibility index (Phi) is 5.45. The fourth-order valence-electron chi connectivity index (χ4n) is 1.39. The summed E-state index contributed by atoms with van der Waals surface area (Å²) in [6, 6.07) is 0.767. The number of hydrogen-bond acceptors (Lipinski definition) is 3. The Morgan fingerprint density at radius 3 is 2.57 bits per heavy atom. The second kappa shape index (κ2) is 6.38. The van der Waals surface area contributed by atoms with Crippen molar-refractivity contribution in [2.45, 2.75) is 51.9 Å². The van der Waals surface area contributed by atoms with Gasteiger partial charge in [0.2, 0.25) is 0 Å². The van der Waals surface area contributed by atoms with Crippen LogP contribution in [0, 0.1) is 0 Å². The predicted octanol–water partition coefficient (Wildman–Crippen LogP) is 1.57. The summed E-state index contributed by atoms with van der Waals surface area (Å²) in [6.45, 7) is 8.60. The first-order valence-corrected chi connectivity index (χ1v) is 5.69. The molecule has 1 aliphatic carbocycles. The van der Waals surface area contributed by atoms with Crippen LogP contribution in [-0.2, 0) is 9.47 Å². The normalized spacial score (nSPS) is 20.8. The highest BCUT2D eigenvalue weighted by Gasteiger charge is 2.21. The van der Waals surface area contributed by atoms with Crippen molar-refractivity contribution in [2.24, 2.45) is 0 Å². The van der Waals surface area contributed by atoms with Crippen LogP contribution >= 0.6 is 0 Å². The van der Waals surface area contributed by atoms with Gasteiger partial charge in [0.25, 0.3) is 0 Å². The molecule has 0 amide bonds. The van der Waals surface area contributed by atoms with Gasteiger partial charge in [0, 0.05) is 19.2 Å². The van der Waals surface area contributed by atoms with Crippen LogP contribution in [0.1, 0.15) is 33.6 Å². The van der Waals surface area contributed by atoms with Crippen molar-refractivity contribution in [3.63, 3.8) is 0 Å². The fraction of sp³-hybridized carbons (Fsp3) is 1.00. The number of nitrogens with one attached hydrogen (secondary N) is 1. The van der Waals surface area contributed by atoms with Crippen LogP contribution in [0.3, 0.4) is 0 Å². The van der Waals surface area contributed by atoms with Crippen molar-refractivity contribution < 1.29 is 9.47 Å². The summed E-state index contributed by atoms with van der Waals surface area (Å²) in [6.07, 6.45) is 3.15. The molecule has 0 heterocycles. The summed E-state index contributed by atoms with van der Waals surface area (Å²) < 4.78 is 11.0. The molecular formula is C11H23NO2. The van der Waals surface area contributed by atoms with E-state index in [1.54, 1.807) is 0 Å². The Hall–Kier alpha value is -0.120. The minimum Gasteiger partial charge on any atom is -0.379 e. The van der Waals surface area contributed by atoms with Crippen LogP contribution in [0.25, 0.3) is 0 Å². The summed E-state index contributed by atoms with van der Waals surface area (Å²) in [4.78, 5) is 0. The van der Waals surface area contributed by atoms with Crippen LogP contribution in [0.5, 0.6) is 0 Å². The fourth-order valence-corrected chi connectivity index (χ4v) is 1.39. The summed E-state index contributed by atoms with van der Waals surface area (Å²) >= 11 is 0. The largest absolute Gasteiger partial charge is 0.379 e. The van der Waals surface area contributed by atoms with Crippen LogP contribution in [0.15, 0.2) is 0 Å². The molecule has 0 aromatic carbocycles. The topological polar surface area (TPSA) is 30.5 Å². The van der Waals surface area contributed by atoms with Gasteiger partial charge in [-0.05, 0) is 33.6 Å². The quantitative estimate of drug-likeness (QED) is 0.646. The van der Waals surface area contributed by atoms with E-state index in [0.29, 0.717) is 6.61 Å². The molecule has 2 unspecified atom stereocenters. The van der Waals surface area contributed by atoms with Gasteiger partial charge in [-0.2, -0.15) is 0 Å². The molecule has 1 fully saturated rings. The summed E-state index contributed by atoms with van der Waals surface area (Å²) in [7, 11) is 0. The van der Waals surface area contributed by atoms with E-state index >= 15 is 0 Å². The lowest BCUT2D eigenvalue weighted by Crippen LogP contribution is -2.32. The van der Waals surface area contributed by atoms with Crippen molar-refractivity contribution in [3.05, 3.63) is 0 Å². The molecule has 84 valence electrons. The monoisotopic (exact) mass is 201 g/mol. The molecule has 0 bridgehead atoms. The summed E-state index contributed by atoms with van der Waals surface area (Å²) in [5.74, 6) is 0. The minimum absolute atomic E-state index is 0.200. The predicted molar refractivity (Wildman–Crippen MR) is 57.5 cm³/mol. The number of hydrogen-bond donors (Lipinski definition) is 1. The third-order valence-corrected chi connectivity index (χ3v) is 2.29. The third kappa shape index (κ3) is 5.58. The first-order valence-electron chi connectivity index (χ1n) is 5.69. The first kappa shape index (κ1) is 12.0. The smallest absolute Gasteiger partial charge is 0.0784 e. The maximum atomic E-state index is 5.74. The average Bonchev–Trinajstić information content (AvgIpc) is 2.95. The van der Waals surface area contributed by atoms with E-state index in [-0.39, 0.29) is 12.2 Å². The second-order valence-corrected chi connectivity index (χ2v) is 4.10. The zero-order valence-electron chi connectivity index (χ0n) is 9.58. The lowest BCUT2D eigenvalue weighted by molar-refractivity contribution is -0.0384. The van der Waals surface area contributed by atoms with Gasteiger partial charge in [-0.25, -0.2) is 0 Å². The van der Waals surface area contributed by atoms with Crippen molar-refractivity contribution in [2.75, 3.05) is 19.8 Å². The van der Waals surface area contributed by atoms with Crippen LogP contribution < -0.4 is 5.32 Å². The number of rotatable bonds is 8. The molecule has 14 heavy (non-hydrogen) atoms. The molecule has 1 N–H and O–H groups in total. The van der Waals surface area contributed by atoms with E-state index in [2.05, 4.69) is 19.2 Å². The molecule has 3 heteroatoms. The van der Waals surface area contributed by atoms with Gasteiger partial charge < -0.3 is 14.8 Å². The molecular weight excluding hydrogens is 178 g/mol. The van der Waals surface area contributed by atoms with Gasteiger partial charge in [-0.3, -0.25) is 0 Å². The first-order chi connectivity index (χ1) is 6.72. The maximum Gasteiger partial charge on any atom is 0.0784 e. The molecule has 1 aliphatic rings. The van der Waals surface area contributed by atoms with Crippen molar-refractivity contribution in [1.82, 2.24) is 5.32 Å². The summed E-state index contributed by atoms with van der Waals surface area (Å²) in [5, 5.41) is 3.45. The van der Waals surface area contributed by atoms with Crippen molar-refractivity contribution >= 4 is 0 Å². The van der Waals surface area contributed by atoms with E-state index in [0.717, 1.165) is 19.2 Å². The Balaban J connectivity index is 1.96. The maximum absolute atomic E-state index is 5.74. The average molecular weight is 201 g/mol. The van der Waals surface area contributed by atoms with E-state index in [1.165, 1.54) is 12.8 Å². The molecule has 0 aromatic heterocycles. The van der Waals surface area contributed by atoms with Gasteiger partial charge >= 0.3 is 0 Å². The van der Waals surface area contributed by atoms with Crippen molar-refractivity contribution in [3.8, 4) is 0 Å². The Bertz CT molecular complexity index is 148. The highest BCUT2D eigenvalue weighted by molar-refractivity contribution is 4.81. The molecule has 1 saturated carbocycles. The van der Waals surface area contributed by atoms with Gasteiger partial charge in [-0.1, -0.05) is 0 Å². The molecule has 0 aliphatic heterocycles. The molecule has 2 atom stereocenters. The zero-order valence-corrected chi connectivity index (χ0v) is 9.58. The third-order valence-electron chi connectivity index (χ3n) is 2.29. The van der Waals surface area contributed by atoms with E-state index in [9.17, 15) is 0 Å². The lowest BCUT2D eigenvalue weighted by atomic mass is 10.3. The molecule has 3 nitrogen and oxygen atoms in total. The number of ether oxygens (including phenoxy) is 2. The molecule has 1 rings (SSSR count). The van der Waals surface area contributed by atoms with Crippen LogP contribution in [0.4, 0.5) is 0 Å². The zero-order chi connectivity index (χ0) is 10.4. The van der Waals surface area contributed by atoms with Crippen molar-refractivity contribution in [1.29, 1.82) is 0 Å². The van der Waals surface area contributed by atoms with E-state index in [4.69, 9.17) is 9.47 Å². The van der Waals surface area contributed by atoms with Crippen LogP contribution in [0.2, 0.25) is 0 Å². The second-order valence-electron chi connectivity index (χ2n) is 4.10. The van der Waals surface area contributed by atoms with E-state index < -0.39 is 0 Å². The molecule has 0 spiro atoms. The minimum atomic E-state index is 0.200. The van der Waals surface area contributed by atoms with Gasteiger partial charge in [0.1, 0.15) is 0 Å². The highest BCUT2D eigenvalue weighted by Crippen LogP contribution is 2.18. The molecule has 0 saturated heterocycles. The standard InChI is InChI=1S/C11H23NO2/c1-4-13-8-10(3)14-9(2)7-12-11-5-6-11/h9-12H,4-8H2,1-3H3. The van der Waals surface area contributed by atoms with E-state index in [1.807, 2.05) is 6.92 Å². The SMILES string of the molecule is CCOCC(C)OC(C)CNC1CC1. The Labute approximate surface area is 87.2 Å². The van der Waals surface area contributed by atoms with Gasteiger partial charge in [0.15, 0.2) is 0 Å². The molecule has 0 aromatic rings. The van der Waals surface area contributed by atoms with Gasteiger partial charge in [0.05, 0.1) is 18.8 Å². The highest BCUT2D eigenvalue weighted by atomic mass is 16.5. The Morgan fingerprint density at radius 2 is 2.00 bits per heavy atom. The Morgan fingerprint density at radius 1 is 1.29 bits per heavy atom. The van der Waals surface area contributed by atoms with Crippen LogP contribution in [-0.4, -0.2) is 38.0 Å². The lowest BCUT2D eigenvalue weighted by Gasteiger charge is -2.19.